The van der Waals surface area contributed by atoms with Gasteiger partial charge in [-0.15, -0.1) is 5.10 Å². The van der Waals surface area contributed by atoms with Crippen LogP contribution in [0, 0.1) is 5.82 Å². The van der Waals surface area contributed by atoms with E-state index in [-0.39, 0.29) is 17.1 Å². The fourth-order valence-corrected chi connectivity index (χ4v) is 1.83. The Morgan fingerprint density at radius 3 is 2.85 bits per heavy atom. The highest BCUT2D eigenvalue weighted by Crippen LogP contribution is 2.11. The van der Waals surface area contributed by atoms with Crippen molar-refractivity contribution in [2.45, 2.75) is 6.54 Å². The van der Waals surface area contributed by atoms with Gasteiger partial charge in [-0.2, -0.15) is 0 Å². The predicted molar refractivity (Wildman–Crippen MR) is 76.4 cm³/mol. The van der Waals surface area contributed by atoms with Crippen molar-refractivity contribution in [2.75, 3.05) is 7.11 Å². The highest BCUT2D eigenvalue weighted by atomic mass is 32.1. The first-order chi connectivity index (χ1) is 9.49. The highest BCUT2D eigenvalue weighted by molar-refractivity contribution is 7.80. The molecule has 0 fully saturated rings. The summed E-state index contributed by atoms with van der Waals surface area (Å²) in [7, 11) is 1.45. The van der Waals surface area contributed by atoms with Gasteiger partial charge in [0.1, 0.15) is 10.8 Å². The van der Waals surface area contributed by atoms with Gasteiger partial charge < -0.3 is 10.5 Å². The average molecular weight is 293 g/mol. The van der Waals surface area contributed by atoms with E-state index in [1.54, 1.807) is 6.07 Å². The van der Waals surface area contributed by atoms with Crippen molar-refractivity contribution in [2.24, 2.45) is 5.73 Å². The Kier molecular flexibility index (Phi) is 4.09. The smallest absolute Gasteiger partial charge is 0.267 e. The molecule has 0 aliphatic carbocycles. The second-order valence-electron chi connectivity index (χ2n) is 4.08. The summed E-state index contributed by atoms with van der Waals surface area (Å²) in [6, 6.07) is 6.96. The molecule has 1 aromatic heterocycles. The van der Waals surface area contributed by atoms with Crippen molar-refractivity contribution in [1.82, 2.24) is 9.78 Å². The van der Waals surface area contributed by atoms with Crippen LogP contribution < -0.4 is 16.0 Å². The van der Waals surface area contributed by atoms with Crippen LogP contribution in [-0.2, 0) is 6.54 Å². The molecule has 0 spiro atoms. The summed E-state index contributed by atoms with van der Waals surface area (Å²) < 4.78 is 19.6. The number of ether oxygens (including phenoxy) is 1. The molecular weight excluding hydrogens is 281 g/mol. The number of nitrogens with zero attached hydrogens (tertiary/aromatic N) is 2. The third-order valence-electron chi connectivity index (χ3n) is 2.63. The van der Waals surface area contributed by atoms with E-state index in [4.69, 9.17) is 22.7 Å². The Hall–Kier alpha value is -2.28. The van der Waals surface area contributed by atoms with Crippen LogP contribution in [0.2, 0.25) is 0 Å². The first-order valence-corrected chi connectivity index (χ1v) is 6.12. The van der Waals surface area contributed by atoms with Gasteiger partial charge in [-0.1, -0.05) is 12.2 Å². The zero-order chi connectivity index (χ0) is 14.7. The molecule has 0 saturated carbocycles. The predicted octanol–water partition coefficient (Wildman–Crippen LogP) is 1.07. The van der Waals surface area contributed by atoms with Crippen molar-refractivity contribution in [1.29, 1.82) is 0 Å². The highest BCUT2D eigenvalue weighted by Gasteiger charge is 2.06. The minimum Gasteiger partial charge on any atom is -0.480 e. The third-order valence-corrected chi connectivity index (χ3v) is 2.86. The fourth-order valence-electron chi connectivity index (χ4n) is 1.71. The van der Waals surface area contributed by atoms with E-state index >= 15 is 0 Å². The molecule has 0 amide bonds. The van der Waals surface area contributed by atoms with Crippen molar-refractivity contribution in [3.05, 3.63) is 57.6 Å². The number of hydrogen-bond donors (Lipinski definition) is 1. The summed E-state index contributed by atoms with van der Waals surface area (Å²) in [5, 5.41) is 3.99. The lowest BCUT2D eigenvalue weighted by Gasteiger charge is -2.08. The number of hydrogen-bond acceptors (Lipinski definition) is 4. The molecule has 0 radical (unpaired) electrons. The Bertz CT molecular complexity index is 715. The zero-order valence-corrected chi connectivity index (χ0v) is 11.5. The Labute approximate surface area is 119 Å². The van der Waals surface area contributed by atoms with Gasteiger partial charge in [-0.05, 0) is 23.8 Å². The summed E-state index contributed by atoms with van der Waals surface area (Å²) in [5.41, 5.74) is 6.11. The zero-order valence-electron chi connectivity index (χ0n) is 10.7. The summed E-state index contributed by atoms with van der Waals surface area (Å²) in [6.45, 7) is 0.101. The van der Waals surface area contributed by atoms with Gasteiger partial charge in [0.2, 0.25) is 5.88 Å². The van der Waals surface area contributed by atoms with Crippen LogP contribution in [0.3, 0.4) is 0 Å². The molecule has 2 rings (SSSR count). The number of aromatic nitrogens is 2. The molecule has 20 heavy (non-hydrogen) atoms. The largest absolute Gasteiger partial charge is 0.480 e. The molecule has 0 unspecified atom stereocenters. The molecule has 1 heterocycles. The van der Waals surface area contributed by atoms with E-state index in [1.807, 2.05) is 0 Å². The normalized spacial score (nSPS) is 10.3. The SMILES string of the molecule is COc1ccc(=O)n(Cc2cc(F)cc(C(N)=S)c2)n1. The number of rotatable bonds is 4. The summed E-state index contributed by atoms with van der Waals surface area (Å²) in [6.07, 6.45) is 0. The second-order valence-corrected chi connectivity index (χ2v) is 4.52. The van der Waals surface area contributed by atoms with Gasteiger partial charge in [-0.3, -0.25) is 4.79 Å². The van der Waals surface area contributed by atoms with Crippen LogP contribution >= 0.6 is 12.2 Å². The monoisotopic (exact) mass is 293 g/mol. The summed E-state index contributed by atoms with van der Waals surface area (Å²) in [4.78, 5) is 11.8. The summed E-state index contributed by atoms with van der Waals surface area (Å²) >= 11 is 4.82. The lowest BCUT2D eigenvalue weighted by molar-refractivity contribution is 0.379. The molecule has 1 aromatic carbocycles. The number of thiocarbonyl (C=S) groups is 1. The molecule has 0 aliphatic heterocycles. The van der Waals surface area contributed by atoms with E-state index < -0.39 is 5.82 Å². The van der Waals surface area contributed by atoms with Crippen molar-refractivity contribution in [3.63, 3.8) is 0 Å². The molecule has 7 heteroatoms. The van der Waals surface area contributed by atoms with Gasteiger partial charge in [0.05, 0.1) is 13.7 Å². The molecule has 2 N–H and O–H groups in total. The van der Waals surface area contributed by atoms with E-state index in [1.165, 1.54) is 36.1 Å². The molecule has 5 nitrogen and oxygen atoms in total. The Morgan fingerprint density at radius 1 is 1.45 bits per heavy atom. The quantitative estimate of drug-likeness (QED) is 0.854. The van der Waals surface area contributed by atoms with E-state index in [2.05, 4.69) is 5.10 Å². The Morgan fingerprint density at radius 2 is 2.20 bits per heavy atom. The van der Waals surface area contributed by atoms with Crippen LogP contribution in [0.25, 0.3) is 0 Å². The van der Waals surface area contributed by atoms with Crippen LogP contribution in [0.15, 0.2) is 35.1 Å². The minimum atomic E-state index is -0.471. The van der Waals surface area contributed by atoms with E-state index in [0.29, 0.717) is 17.0 Å². The van der Waals surface area contributed by atoms with Gasteiger partial charge >= 0.3 is 0 Å². The van der Waals surface area contributed by atoms with Crippen molar-refractivity contribution >= 4 is 17.2 Å². The maximum atomic E-state index is 13.5. The van der Waals surface area contributed by atoms with Crippen LogP contribution in [0.4, 0.5) is 4.39 Å². The first-order valence-electron chi connectivity index (χ1n) is 5.71. The van der Waals surface area contributed by atoms with Crippen molar-refractivity contribution in [3.8, 4) is 5.88 Å². The first kappa shape index (κ1) is 14.1. The fraction of sp³-hybridized carbons (Fsp3) is 0.154. The Balaban J connectivity index is 2.39. The maximum absolute atomic E-state index is 13.5. The molecule has 2 aromatic rings. The van der Waals surface area contributed by atoms with E-state index in [9.17, 15) is 9.18 Å². The molecule has 104 valence electrons. The number of benzene rings is 1. The number of nitrogens with two attached hydrogens (primary N) is 1. The van der Waals surface area contributed by atoms with Gasteiger partial charge in [-0.25, -0.2) is 9.07 Å². The molecule has 0 atom stereocenters. The van der Waals surface area contributed by atoms with Gasteiger partial charge in [0.15, 0.2) is 0 Å². The number of halogens is 1. The van der Waals surface area contributed by atoms with Gasteiger partial charge in [0, 0.05) is 17.7 Å². The number of methoxy groups -OCH3 is 1. The van der Waals surface area contributed by atoms with Crippen LogP contribution in [-0.4, -0.2) is 21.9 Å². The summed E-state index contributed by atoms with van der Waals surface area (Å²) in [5.74, 6) is -0.170. The van der Waals surface area contributed by atoms with Crippen molar-refractivity contribution < 1.29 is 9.13 Å². The molecule has 0 saturated heterocycles. The van der Waals surface area contributed by atoms with Crippen LogP contribution in [0.1, 0.15) is 11.1 Å². The molecule has 0 bridgehead atoms. The minimum absolute atomic E-state index is 0.0942. The average Bonchev–Trinajstić information content (AvgIpc) is 2.40. The molecular formula is C13H12FN3O2S. The van der Waals surface area contributed by atoms with E-state index in [0.717, 1.165) is 0 Å². The topological polar surface area (TPSA) is 70.1 Å². The second kappa shape index (κ2) is 5.79. The standard InChI is InChI=1S/C13H12FN3O2S/c1-19-11-2-3-12(18)17(16-11)7-8-4-9(13(15)20)6-10(14)5-8/h2-6H,7H2,1H3,(H2,15,20). The lowest BCUT2D eigenvalue weighted by atomic mass is 10.1. The van der Waals surface area contributed by atoms with Gasteiger partial charge in [0.25, 0.3) is 5.56 Å². The molecule has 0 aliphatic rings. The third kappa shape index (κ3) is 3.18. The van der Waals surface area contributed by atoms with Crippen LogP contribution in [0.5, 0.6) is 5.88 Å². The lowest BCUT2D eigenvalue weighted by Crippen LogP contribution is -2.23. The maximum Gasteiger partial charge on any atom is 0.267 e.